The Morgan fingerprint density at radius 2 is 2.09 bits per heavy atom. The molecule has 0 radical (unpaired) electrons. The number of hydrogen-bond donors (Lipinski definition) is 3. The molecule has 0 aliphatic carbocycles. The van der Waals surface area contributed by atoms with Crippen LogP contribution in [-0.2, 0) is 14.3 Å². The number of carboxylic acids is 1. The van der Waals surface area contributed by atoms with Crippen LogP contribution in [0.5, 0.6) is 0 Å². The number of carbonyl (C=O) groups is 2. The van der Waals surface area contributed by atoms with E-state index in [1.807, 2.05) is 0 Å². The van der Waals surface area contributed by atoms with Crippen molar-refractivity contribution in [3.63, 3.8) is 0 Å². The van der Waals surface area contributed by atoms with Gasteiger partial charge >= 0.3 is 5.97 Å². The fourth-order valence-corrected chi connectivity index (χ4v) is 2.07. The number of rotatable bonds is 9. The first kappa shape index (κ1) is 18.7. The number of hydrogen-bond acceptors (Lipinski definition) is 4. The van der Waals surface area contributed by atoms with Crippen LogP contribution >= 0.6 is 23.2 Å². The minimum Gasteiger partial charge on any atom is -0.480 e. The molecule has 122 valence electrons. The maximum absolute atomic E-state index is 11.9. The molecule has 0 aliphatic rings. The molecule has 6 nitrogen and oxygen atoms in total. The van der Waals surface area contributed by atoms with Crippen molar-refractivity contribution < 1.29 is 19.4 Å². The van der Waals surface area contributed by atoms with E-state index in [4.69, 9.17) is 33.0 Å². The molecule has 0 heterocycles. The Hall–Kier alpha value is -1.34. The van der Waals surface area contributed by atoms with E-state index in [9.17, 15) is 9.59 Å². The Bertz CT molecular complexity index is 526. The first-order valence-electron chi connectivity index (χ1n) is 6.64. The molecule has 0 spiro atoms. The summed E-state index contributed by atoms with van der Waals surface area (Å²) in [4.78, 5) is 23.1. The summed E-state index contributed by atoms with van der Waals surface area (Å²) >= 11 is 11.8. The minimum absolute atomic E-state index is 0.217. The monoisotopic (exact) mass is 348 g/mol. The van der Waals surface area contributed by atoms with Crippen LogP contribution in [0.25, 0.3) is 0 Å². The van der Waals surface area contributed by atoms with Gasteiger partial charge in [-0.05, 0) is 25.1 Å². The number of nitrogens with one attached hydrogen (secondary N) is 2. The van der Waals surface area contributed by atoms with Gasteiger partial charge in [-0.3, -0.25) is 9.59 Å². The quantitative estimate of drug-likeness (QED) is 0.596. The Labute approximate surface area is 138 Å². The molecule has 1 aromatic rings. The molecule has 1 rings (SSSR count). The van der Waals surface area contributed by atoms with Crippen molar-refractivity contribution in [2.45, 2.75) is 18.9 Å². The van der Waals surface area contributed by atoms with Crippen LogP contribution in [0.4, 0.5) is 5.69 Å². The first-order chi connectivity index (χ1) is 10.5. The van der Waals surface area contributed by atoms with E-state index in [0.717, 1.165) is 0 Å². The molecule has 0 bridgehead atoms. The molecule has 1 amide bonds. The van der Waals surface area contributed by atoms with E-state index in [1.165, 1.54) is 0 Å². The summed E-state index contributed by atoms with van der Waals surface area (Å²) in [5.74, 6) is -1.56. The highest BCUT2D eigenvalue weighted by Crippen LogP contribution is 2.29. The van der Waals surface area contributed by atoms with Crippen molar-refractivity contribution in [3.05, 3.63) is 28.2 Å². The van der Waals surface area contributed by atoms with E-state index in [0.29, 0.717) is 30.3 Å². The van der Waals surface area contributed by atoms with E-state index in [2.05, 4.69) is 10.6 Å². The second kappa shape index (κ2) is 9.63. The number of benzene rings is 1. The van der Waals surface area contributed by atoms with Gasteiger partial charge in [-0.25, -0.2) is 0 Å². The number of carboxylic acid groups (broad SMARTS) is 1. The van der Waals surface area contributed by atoms with Crippen LogP contribution < -0.4 is 10.6 Å². The third kappa shape index (κ3) is 6.19. The highest BCUT2D eigenvalue weighted by atomic mass is 35.5. The number of amides is 1. The molecule has 0 saturated carbocycles. The van der Waals surface area contributed by atoms with Gasteiger partial charge in [-0.2, -0.15) is 0 Å². The molecule has 0 aliphatic heterocycles. The van der Waals surface area contributed by atoms with Crippen LogP contribution in [0, 0.1) is 0 Å². The fourth-order valence-electron chi connectivity index (χ4n) is 1.73. The second-order valence-corrected chi connectivity index (χ2v) is 5.33. The average molecular weight is 349 g/mol. The highest BCUT2D eigenvalue weighted by Gasteiger charge is 2.21. The maximum atomic E-state index is 11.9. The van der Waals surface area contributed by atoms with Crippen LogP contribution in [0.2, 0.25) is 10.0 Å². The summed E-state index contributed by atoms with van der Waals surface area (Å²) in [7, 11) is 1.57. The smallest absolute Gasteiger partial charge is 0.321 e. The molecule has 1 aromatic carbocycles. The van der Waals surface area contributed by atoms with E-state index >= 15 is 0 Å². The largest absolute Gasteiger partial charge is 0.480 e. The number of ether oxygens (including phenoxy) is 1. The normalized spacial score (nSPS) is 12.0. The Morgan fingerprint density at radius 1 is 1.36 bits per heavy atom. The molecule has 0 fully saturated rings. The SMILES string of the molecule is COCCCN[C@@H](CC(=O)Nc1cccc(Cl)c1Cl)C(=O)O. The summed E-state index contributed by atoms with van der Waals surface area (Å²) in [6.45, 7) is 0.958. The zero-order chi connectivity index (χ0) is 16.5. The van der Waals surface area contributed by atoms with Crippen molar-refractivity contribution in [2.24, 2.45) is 0 Å². The van der Waals surface area contributed by atoms with Gasteiger partial charge in [0.25, 0.3) is 0 Å². The molecular formula is C14H18Cl2N2O4. The van der Waals surface area contributed by atoms with Crippen molar-refractivity contribution in [1.29, 1.82) is 0 Å². The van der Waals surface area contributed by atoms with Crippen molar-refractivity contribution in [2.75, 3.05) is 25.6 Å². The summed E-state index contributed by atoms with van der Waals surface area (Å²) in [5.41, 5.74) is 0.350. The van der Waals surface area contributed by atoms with Crippen molar-refractivity contribution in [3.8, 4) is 0 Å². The van der Waals surface area contributed by atoms with Gasteiger partial charge in [0.05, 0.1) is 22.2 Å². The summed E-state index contributed by atoms with van der Waals surface area (Å²) < 4.78 is 4.87. The number of methoxy groups -OCH3 is 1. The lowest BCUT2D eigenvalue weighted by molar-refractivity contribution is -0.141. The molecule has 0 aromatic heterocycles. The Kier molecular flexibility index (Phi) is 8.19. The third-order valence-corrected chi connectivity index (χ3v) is 3.65. The number of aliphatic carboxylic acids is 1. The Morgan fingerprint density at radius 3 is 2.73 bits per heavy atom. The predicted molar refractivity (Wildman–Crippen MR) is 85.6 cm³/mol. The molecule has 22 heavy (non-hydrogen) atoms. The summed E-state index contributed by atoms with van der Waals surface area (Å²) in [6, 6.07) is 3.85. The van der Waals surface area contributed by atoms with Crippen LogP contribution in [0.1, 0.15) is 12.8 Å². The van der Waals surface area contributed by atoms with Gasteiger partial charge in [0.2, 0.25) is 5.91 Å². The third-order valence-electron chi connectivity index (χ3n) is 2.83. The topological polar surface area (TPSA) is 87.7 Å². The lowest BCUT2D eigenvalue weighted by atomic mass is 10.2. The lowest BCUT2D eigenvalue weighted by Crippen LogP contribution is -2.40. The van der Waals surface area contributed by atoms with Crippen molar-refractivity contribution >= 4 is 40.8 Å². The number of halogens is 2. The van der Waals surface area contributed by atoms with E-state index in [1.54, 1.807) is 25.3 Å². The van der Waals surface area contributed by atoms with Crippen LogP contribution in [0.15, 0.2) is 18.2 Å². The highest BCUT2D eigenvalue weighted by molar-refractivity contribution is 6.43. The summed E-state index contributed by atoms with van der Waals surface area (Å²) in [5, 5.41) is 15.0. The van der Waals surface area contributed by atoms with Crippen molar-refractivity contribution in [1.82, 2.24) is 5.32 Å². The maximum Gasteiger partial charge on any atom is 0.321 e. The van der Waals surface area contributed by atoms with Gasteiger partial charge in [0.15, 0.2) is 0 Å². The van der Waals surface area contributed by atoms with Gasteiger partial charge in [0, 0.05) is 13.7 Å². The van der Waals surface area contributed by atoms with Gasteiger partial charge in [0.1, 0.15) is 6.04 Å². The average Bonchev–Trinajstić information content (AvgIpc) is 2.47. The van der Waals surface area contributed by atoms with E-state index in [-0.39, 0.29) is 11.4 Å². The molecular weight excluding hydrogens is 331 g/mol. The number of carbonyl (C=O) groups excluding carboxylic acids is 1. The molecule has 0 saturated heterocycles. The van der Waals surface area contributed by atoms with Crippen LogP contribution in [0.3, 0.4) is 0 Å². The zero-order valence-corrected chi connectivity index (χ0v) is 13.6. The Balaban J connectivity index is 2.56. The van der Waals surface area contributed by atoms with Gasteiger partial charge < -0.3 is 20.5 Å². The molecule has 8 heteroatoms. The molecule has 0 unspecified atom stereocenters. The minimum atomic E-state index is -1.09. The van der Waals surface area contributed by atoms with Gasteiger partial charge in [-0.1, -0.05) is 29.3 Å². The number of anilines is 1. The second-order valence-electron chi connectivity index (χ2n) is 4.54. The van der Waals surface area contributed by atoms with E-state index < -0.39 is 17.9 Å². The zero-order valence-electron chi connectivity index (χ0n) is 12.1. The predicted octanol–water partition coefficient (Wildman–Crippen LogP) is 2.40. The first-order valence-corrected chi connectivity index (χ1v) is 7.40. The summed E-state index contributed by atoms with van der Waals surface area (Å²) in [6.07, 6.45) is 0.438. The molecule has 3 N–H and O–H groups in total. The lowest BCUT2D eigenvalue weighted by Gasteiger charge is -2.15. The molecule has 1 atom stereocenters. The van der Waals surface area contributed by atoms with Crippen LogP contribution in [-0.4, -0.2) is 43.3 Å². The standard InChI is InChI=1S/C14H18Cl2N2O4/c1-22-7-3-6-17-11(14(20)21)8-12(19)18-10-5-2-4-9(15)13(10)16/h2,4-5,11,17H,3,6-8H2,1H3,(H,18,19)(H,20,21)/t11-/m0/s1. The fraction of sp³-hybridized carbons (Fsp3) is 0.429. The van der Waals surface area contributed by atoms with Gasteiger partial charge in [-0.15, -0.1) is 0 Å².